The highest BCUT2D eigenvalue weighted by atomic mass is 32.1. The Kier molecular flexibility index (Phi) is 4.57. The van der Waals surface area contributed by atoms with E-state index in [1.807, 2.05) is 18.2 Å². The maximum absolute atomic E-state index is 12.1. The fourth-order valence-electron chi connectivity index (χ4n) is 1.84. The molecule has 0 radical (unpaired) electrons. The first-order chi connectivity index (χ1) is 9.65. The number of benzene rings is 1. The topological polar surface area (TPSA) is 51.7 Å². The zero-order valence-corrected chi connectivity index (χ0v) is 12.4. The van der Waals surface area contributed by atoms with Crippen LogP contribution in [0.3, 0.4) is 0 Å². The van der Waals surface area contributed by atoms with E-state index in [4.69, 9.17) is 9.47 Å². The zero-order chi connectivity index (χ0) is 14.5. The van der Waals surface area contributed by atoms with Crippen LogP contribution in [-0.4, -0.2) is 37.1 Å². The van der Waals surface area contributed by atoms with Gasteiger partial charge in [0, 0.05) is 19.0 Å². The molecular weight excluding hydrogens is 276 g/mol. The summed E-state index contributed by atoms with van der Waals surface area (Å²) in [6.07, 6.45) is 0. The van der Waals surface area contributed by atoms with Crippen LogP contribution in [0.1, 0.15) is 16.1 Å². The monoisotopic (exact) mass is 292 g/mol. The molecule has 0 aliphatic heterocycles. The highest BCUT2D eigenvalue weighted by Crippen LogP contribution is 2.28. The summed E-state index contributed by atoms with van der Waals surface area (Å²) in [6, 6.07) is 5.60. The van der Waals surface area contributed by atoms with Gasteiger partial charge in [0.25, 0.3) is 5.91 Å². The van der Waals surface area contributed by atoms with E-state index in [-0.39, 0.29) is 5.91 Å². The van der Waals surface area contributed by atoms with Crippen LogP contribution in [-0.2, 0) is 6.54 Å². The van der Waals surface area contributed by atoms with Gasteiger partial charge in [-0.05, 0) is 17.7 Å². The summed E-state index contributed by atoms with van der Waals surface area (Å²) in [7, 11) is 4.93. The molecule has 0 atom stereocenters. The smallest absolute Gasteiger partial charge is 0.273 e. The van der Waals surface area contributed by atoms with Gasteiger partial charge in [0.1, 0.15) is 5.69 Å². The summed E-state index contributed by atoms with van der Waals surface area (Å²) in [5.74, 6) is 1.23. The van der Waals surface area contributed by atoms with Gasteiger partial charge in [0.2, 0.25) is 0 Å². The number of nitrogens with zero attached hydrogens (tertiary/aromatic N) is 2. The van der Waals surface area contributed by atoms with Gasteiger partial charge in [-0.25, -0.2) is 4.98 Å². The number of hydrogen-bond donors (Lipinski definition) is 0. The van der Waals surface area contributed by atoms with Crippen LogP contribution in [0.2, 0.25) is 0 Å². The molecule has 0 aliphatic rings. The van der Waals surface area contributed by atoms with Gasteiger partial charge in [0.15, 0.2) is 11.5 Å². The first kappa shape index (κ1) is 14.3. The average molecular weight is 292 g/mol. The SMILES string of the molecule is COc1ccc(CN(C)C(=O)c2cscn2)cc1OC. The molecule has 0 unspecified atom stereocenters. The van der Waals surface area contributed by atoms with E-state index in [0.29, 0.717) is 23.7 Å². The van der Waals surface area contributed by atoms with Crippen molar-refractivity contribution in [1.29, 1.82) is 0 Å². The molecule has 0 saturated carbocycles. The summed E-state index contributed by atoms with van der Waals surface area (Å²) in [5.41, 5.74) is 3.09. The molecule has 1 aromatic heterocycles. The summed E-state index contributed by atoms with van der Waals surface area (Å²) in [6.45, 7) is 0.483. The molecule has 2 aromatic rings. The Morgan fingerprint density at radius 2 is 2.05 bits per heavy atom. The van der Waals surface area contributed by atoms with E-state index in [1.165, 1.54) is 11.3 Å². The summed E-state index contributed by atoms with van der Waals surface area (Å²) < 4.78 is 10.4. The second-order valence-corrected chi connectivity index (χ2v) is 4.94. The fraction of sp³-hybridized carbons (Fsp3) is 0.286. The van der Waals surface area contributed by atoms with Gasteiger partial charge < -0.3 is 14.4 Å². The summed E-state index contributed by atoms with van der Waals surface area (Å²) in [5, 5.41) is 1.74. The van der Waals surface area contributed by atoms with Gasteiger partial charge in [0.05, 0.1) is 19.7 Å². The molecule has 1 amide bonds. The largest absolute Gasteiger partial charge is 0.493 e. The van der Waals surface area contributed by atoms with E-state index in [1.54, 1.807) is 37.1 Å². The maximum Gasteiger partial charge on any atom is 0.273 e. The third kappa shape index (κ3) is 3.08. The van der Waals surface area contributed by atoms with Gasteiger partial charge in [-0.15, -0.1) is 11.3 Å². The molecule has 0 N–H and O–H groups in total. The van der Waals surface area contributed by atoms with Crippen molar-refractivity contribution < 1.29 is 14.3 Å². The number of carbonyl (C=O) groups excluding carboxylic acids is 1. The number of methoxy groups -OCH3 is 2. The molecule has 5 nitrogen and oxygen atoms in total. The number of aromatic nitrogens is 1. The number of hydrogen-bond acceptors (Lipinski definition) is 5. The highest BCUT2D eigenvalue weighted by molar-refractivity contribution is 7.07. The van der Waals surface area contributed by atoms with Crippen molar-refractivity contribution in [2.24, 2.45) is 0 Å². The molecular formula is C14H16N2O3S. The molecule has 1 heterocycles. The average Bonchev–Trinajstić information content (AvgIpc) is 3.00. The standard InChI is InChI=1S/C14H16N2O3S/c1-16(14(17)11-8-20-9-15-11)7-10-4-5-12(18-2)13(6-10)19-3/h4-6,8-9H,7H2,1-3H3. The lowest BCUT2D eigenvalue weighted by Gasteiger charge is -2.17. The Bertz CT molecular complexity index is 584. The van der Waals surface area contributed by atoms with Crippen molar-refractivity contribution in [3.63, 3.8) is 0 Å². The van der Waals surface area contributed by atoms with E-state index in [0.717, 1.165) is 5.56 Å². The normalized spacial score (nSPS) is 10.2. The predicted octanol–water partition coefficient (Wildman–Crippen LogP) is 2.43. The Morgan fingerprint density at radius 3 is 2.65 bits per heavy atom. The summed E-state index contributed by atoms with van der Waals surface area (Å²) in [4.78, 5) is 17.7. The minimum absolute atomic E-state index is 0.0963. The molecule has 0 spiro atoms. The quantitative estimate of drug-likeness (QED) is 0.849. The Morgan fingerprint density at radius 1 is 1.30 bits per heavy atom. The van der Waals surface area contributed by atoms with Crippen molar-refractivity contribution in [1.82, 2.24) is 9.88 Å². The van der Waals surface area contributed by atoms with Crippen molar-refractivity contribution in [2.45, 2.75) is 6.54 Å². The summed E-state index contributed by atoms with van der Waals surface area (Å²) >= 11 is 1.41. The Balaban J connectivity index is 2.11. The second-order valence-electron chi connectivity index (χ2n) is 4.22. The van der Waals surface area contributed by atoms with E-state index in [9.17, 15) is 4.79 Å². The van der Waals surface area contributed by atoms with Crippen LogP contribution in [0.4, 0.5) is 0 Å². The van der Waals surface area contributed by atoms with Crippen LogP contribution >= 0.6 is 11.3 Å². The third-order valence-corrected chi connectivity index (χ3v) is 3.45. The van der Waals surface area contributed by atoms with Crippen molar-refractivity contribution in [2.75, 3.05) is 21.3 Å². The van der Waals surface area contributed by atoms with E-state index >= 15 is 0 Å². The van der Waals surface area contributed by atoms with Crippen molar-refractivity contribution in [3.05, 3.63) is 40.3 Å². The fourth-order valence-corrected chi connectivity index (χ4v) is 2.36. The molecule has 106 valence electrons. The molecule has 6 heteroatoms. The zero-order valence-electron chi connectivity index (χ0n) is 11.6. The van der Waals surface area contributed by atoms with E-state index < -0.39 is 0 Å². The van der Waals surface area contributed by atoms with Crippen LogP contribution in [0.5, 0.6) is 11.5 Å². The lowest BCUT2D eigenvalue weighted by atomic mass is 10.2. The Hall–Kier alpha value is -2.08. The minimum atomic E-state index is -0.0963. The minimum Gasteiger partial charge on any atom is -0.493 e. The molecule has 0 saturated heterocycles. The Labute approximate surface area is 121 Å². The van der Waals surface area contributed by atoms with Crippen LogP contribution < -0.4 is 9.47 Å². The number of carbonyl (C=O) groups is 1. The van der Waals surface area contributed by atoms with Gasteiger partial charge in [-0.2, -0.15) is 0 Å². The third-order valence-electron chi connectivity index (χ3n) is 2.87. The lowest BCUT2D eigenvalue weighted by Crippen LogP contribution is -2.26. The highest BCUT2D eigenvalue weighted by Gasteiger charge is 2.14. The van der Waals surface area contributed by atoms with Crippen LogP contribution in [0.15, 0.2) is 29.1 Å². The first-order valence-electron chi connectivity index (χ1n) is 6.00. The molecule has 0 fully saturated rings. The van der Waals surface area contributed by atoms with Crippen LogP contribution in [0, 0.1) is 0 Å². The van der Waals surface area contributed by atoms with Crippen molar-refractivity contribution >= 4 is 17.2 Å². The number of thiazole rings is 1. The molecule has 20 heavy (non-hydrogen) atoms. The molecule has 0 aliphatic carbocycles. The van der Waals surface area contributed by atoms with Gasteiger partial charge in [-0.3, -0.25) is 4.79 Å². The van der Waals surface area contributed by atoms with Crippen LogP contribution in [0.25, 0.3) is 0 Å². The number of amides is 1. The molecule has 2 rings (SSSR count). The molecule has 1 aromatic carbocycles. The predicted molar refractivity (Wildman–Crippen MR) is 77.5 cm³/mol. The van der Waals surface area contributed by atoms with Gasteiger partial charge in [-0.1, -0.05) is 6.07 Å². The number of ether oxygens (including phenoxy) is 2. The number of rotatable bonds is 5. The lowest BCUT2D eigenvalue weighted by molar-refractivity contribution is 0.0780. The first-order valence-corrected chi connectivity index (χ1v) is 6.94. The van der Waals surface area contributed by atoms with Crippen molar-refractivity contribution in [3.8, 4) is 11.5 Å². The second kappa shape index (κ2) is 6.38. The maximum atomic E-state index is 12.1. The van der Waals surface area contributed by atoms with E-state index in [2.05, 4.69) is 4.98 Å². The van der Waals surface area contributed by atoms with Gasteiger partial charge >= 0.3 is 0 Å². The molecule has 0 bridgehead atoms.